The highest BCUT2D eigenvalue weighted by Gasteiger charge is 2.39. The molecule has 0 bridgehead atoms. The van der Waals surface area contributed by atoms with Gasteiger partial charge in [0, 0.05) is 32.2 Å². The number of hydrogen-bond donors (Lipinski definition) is 0. The van der Waals surface area contributed by atoms with Crippen LogP contribution in [0.15, 0.2) is 48.1 Å². The molecular weight excluding hydrogens is 492 g/mol. The van der Waals surface area contributed by atoms with Crippen LogP contribution in [0.3, 0.4) is 0 Å². The first-order valence-corrected chi connectivity index (χ1v) is 11.0. The van der Waals surface area contributed by atoms with Gasteiger partial charge in [-0.3, -0.25) is 0 Å². The molecule has 1 aliphatic rings. The molecule has 0 amide bonds. The van der Waals surface area contributed by atoms with Gasteiger partial charge in [0.15, 0.2) is 5.82 Å². The number of benzene rings is 1. The van der Waals surface area contributed by atoms with E-state index in [4.69, 9.17) is 0 Å². The van der Waals surface area contributed by atoms with Crippen LogP contribution in [0.5, 0.6) is 0 Å². The Hall–Kier alpha value is -3.27. The van der Waals surface area contributed by atoms with E-state index in [1.807, 2.05) is 0 Å². The molecule has 0 aliphatic carbocycles. The van der Waals surface area contributed by atoms with Crippen molar-refractivity contribution in [3.05, 3.63) is 54.4 Å². The maximum atomic E-state index is 13.1. The highest BCUT2D eigenvalue weighted by atomic mass is 32.2. The van der Waals surface area contributed by atoms with E-state index < -0.39 is 38.4 Å². The van der Waals surface area contributed by atoms with Crippen LogP contribution in [0.25, 0.3) is 5.82 Å². The first-order valence-electron chi connectivity index (χ1n) is 9.57. The Morgan fingerprint density at radius 3 is 1.88 bits per heavy atom. The van der Waals surface area contributed by atoms with Gasteiger partial charge < -0.3 is 4.90 Å². The van der Waals surface area contributed by atoms with Gasteiger partial charge in [0.05, 0.1) is 16.0 Å². The minimum Gasteiger partial charge on any atom is -0.354 e. The largest absolute Gasteiger partial charge is 0.416 e. The van der Waals surface area contributed by atoms with Crippen LogP contribution >= 0.6 is 0 Å². The number of piperazine rings is 1. The third kappa shape index (κ3) is 4.82. The molecule has 3 aromatic rings. The van der Waals surface area contributed by atoms with Crippen LogP contribution in [0.2, 0.25) is 0 Å². The maximum absolute atomic E-state index is 13.1. The van der Waals surface area contributed by atoms with Gasteiger partial charge in [-0.15, -0.1) is 0 Å². The molecule has 0 radical (unpaired) electrons. The standard InChI is InChI=1S/C18H15F6N7O2S/c19-17(20,21)12-5-13(18(22,23)24)7-14(6-12)34(32,33)30-3-1-29(2-4-30)15-8-16(27-10-26-15)31-11-25-9-28-31/h5-11H,1-4H2. The van der Waals surface area contributed by atoms with E-state index in [9.17, 15) is 34.8 Å². The van der Waals surface area contributed by atoms with Gasteiger partial charge in [-0.2, -0.15) is 35.7 Å². The highest BCUT2D eigenvalue weighted by molar-refractivity contribution is 7.89. The molecule has 0 spiro atoms. The van der Waals surface area contributed by atoms with Gasteiger partial charge in [-0.1, -0.05) is 0 Å². The van der Waals surface area contributed by atoms with Crippen molar-refractivity contribution in [2.24, 2.45) is 0 Å². The molecule has 34 heavy (non-hydrogen) atoms. The maximum Gasteiger partial charge on any atom is 0.416 e. The molecule has 1 aliphatic heterocycles. The highest BCUT2D eigenvalue weighted by Crippen LogP contribution is 2.38. The Morgan fingerprint density at radius 1 is 0.765 bits per heavy atom. The Balaban J connectivity index is 1.56. The van der Waals surface area contributed by atoms with E-state index in [1.54, 1.807) is 11.0 Å². The molecule has 0 N–H and O–H groups in total. The summed E-state index contributed by atoms with van der Waals surface area (Å²) in [7, 11) is -4.63. The summed E-state index contributed by atoms with van der Waals surface area (Å²) in [5.41, 5.74) is -3.39. The smallest absolute Gasteiger partial charge is 0.354 e. The Kier molecular flexibility index (Phi) is 5.97. The zero-order valence-electron chi connectivity index (χ0n) is 17.0. The molecule has 3 heterocycles. The lowest BCUT2D eigenvalue weighted by Crippen LogP contribution is -2.49. The van der Waals surface area contributed by atoms with Crippen molar-refractivity contribution in [3.8, 4) is 5.82 Å². The van der Waals surface area contributed by atoms with Crippen LogP contribution in [-0.4, -0.2) is 63.6 Å². The number of alkyl halides is 6. The zero-order valence-corrected chi connectivity index (χ0v) is 17.8. The average Bonchev–Trinajstić information content (AvgIpc) is 3.33. The second-order valence-electron chi connectivity index (χ2n) is 7.21. The number of nitrogens with zero attached hydrogens (tertiary/aromatic N) is 7. The van der Waals surface area contributed by atoms with Crippen molar-refractivity contribution in [2.45, 2.75) is 17.2 Å². The Bertz CT molecular complexity index is 1240. The van der Waals surface area contributed by atoms with E-state index in [0.29, 0.717) is 11.6 Å². The first kappa shape index (κ1) is 23.9. The molecule has 182 valence electrons. The van der Waals surface area contributed by atoms with Gasteiger partial charge in [0.25, 0.3) is 0 Å². The van der Waals surface area contributed by atoms with Gasteiger partial charge in [0.1, 0.15) is 24.8 Å². The molecule has 2 aromatic heterocycles. The fourth-order valence-electron chi connectivity index (χ4n) is 3.34. The van der Waals surface area contributed by atoms with Crippen LogP contribution in [0, 0.1) is 0 Å². The summed E-state index contributed by atoms with van der Waals surface area (Å²) in [6.07, 6.45) is -6.31. The predicted octanol–water partition coefficient (Wildman–Crippen LogP) is 2.61. The van der Waals surface area contributed by atoms with Gasteiger partial charge in [-0.05, 0) is 18.2 Å². The fourth-order valence-corrected chi connectivity index (χ4v) is 4.84. The molecular formula is C18H15F6N7O2S. The lowest BCUT2D eigenvalue weighted by Gasteiger charge is -2.34. The van der Waals surface area contributed by atoms with E-state index in [2.05, 4.69) is 20.1 Å². The lowest BCUT2D eigenvalue weighted by molar-refractivity contribution is -0.143. The Labute approximate surface area is 188 Å². The number of rotatable bonds is 4. The van der Waals surface area contributed by atoms with Crippen molar-refractivity contribution in [2.75, 3.05) is 31.1 Å². The molecule has 9 nitrogen and oxygen atoms in total. The summed E-state index contributed by atoms with van der Waals surface area (Å²) >= 11 is 0. The summed E-state index contributed by atoms with van der Waals surface area (Å²) in [4.78, 5) is 12.6. The number of anilines is 1. The van der Waals surface area contributed by atoms with Crippen LogP contribution in [0.1, 0.15) is 11.1 Å². The molecule has 4 rings (SSSR count). The van der Waals surface area contributed by atoms with Gasteiger partial charge in [0.2, 0.25) is 10.0 Å². The van der Waals surface area contributed by atoms with Crippen molar-refractivity contribution in [1.82, 2.24) is 29.0 Å². The molecule has 1 saturated heterocycles. The van der Waals surface area contributed by atoms with E-state index >= 15 is 0 Å². The number of sulfonamides is 1. The summed E-state index contributed by atoms with van der Waals surface area (Å²) in [5, 5.41) is 3.95. The van der Waals surface area contributed by atoms with Gasteiger partial charge in [-0.25, -0.2) is 28.1 Å². The monoisotopic (exact) mass is 507 g/mol. The summed E-state index contributed by atoms with van der Waals surface area (Å²) in [6.45, 7) is -0.165. The summed E-state index contributed by atoms with van der Waals surface area (Å²) in [6, 6.07) is 1.90. The minimum absolute atomic E-state index is 0.0954. The molecule has 1 aromatic carbocycles. The van der Waals surface area contributed by atoms with Crippen LogP contribution in [0.4, 0.5) is 32.2 Å². The topological polar surface area (TPSA) is 97.1 Å². The fraction of sp³-hybridized carbons (Fsp3) is 0.333. The third-order valence-electron chi connectivity index (χ3n) is 5.05. The van der Waals surface area contributed by atoms with Crippen molar-refractivity contribution in [3.63, 3.8) is 0 Å². The quantitative estimate of drug-likeness (QED) is 0.501. The van der Waals surface area contributed by atoms with E-state index in [1.165, 1.54) is 23.7 Å². The van der Waals surface area contributed by atoms with E-state index in [0.717, 1.165) is 4.31 Å². The Morgan fingerprint density at radius 2 is 1.35 bits per heavy atom. The lowest BCUT2D eigenvalue weighted by atomic mass is 10.1. The van der Waals surface area contributed by atoms with Crippen molar-refractivity contribution >= 4 is 15.8 Å². The summed E-state index contributed by atoms with van der Waals surface area (Å²) < 4.78 is 107. The SMILES string of the molecule is O=S(=O)(c1cc(C(F)(F)F)cc(C(F)(F)F)c1)N1CCN(c2cc(-n3cncn3)ncn2)CC1. The van der Waals surface area contributed by atoms with E-state index in [-0.39, 0.29) is 44.4 Å². The second-order valence-corrected chi connectivity index (χ2v) is 9.15. The summed E-state index contributed by atoms with van der Waals surface area (Å²) in [5.74, 6) is 0.845. The average molecular weight is 507 g/mol. The minimum atomic E-state index is -5.15. The molecule has 0 atom stereocenters. The number of hydrogen-bond acceptors (Lipinski definition) is 7. The number of aromatic nitrogens is 5. The second kappa shape index (κ2) is 8.50. The van der Waals surface area contributed by atoms with Crippen molar-refractivity contribution < 1.29 is 34.8 Å². The van der Waals surface area contributed by atoms with Crippen LogP contribution < -0.4 is 4.90 Å². The first-order chi connectivity index (χ1) is 15.9. The predicted molar refractivity (Wildman–Crippen MR) is 104 cm³/mol. The molecule has 0 unspecified atom stereocenters. The molecule has 16 heteroatoms. The zero-order chi connectivity index (χ0) is 24.7. The third-order valence-corrected chi connectivity index (χ3v) is 6.93. The number of halogens is 6. The molecule has 1 fully saturated rings. The van der Waals surface area contributed by atoms with Gasteiger partial charge >= 0.3 is 12.4 Å². The molecule has 0 saturated carbocycles. The normalized spacial score (nSPS) is 16.1. The van der Waals surface area contributed by atoms with Crippen molar-refractivity contribution in [1.29, 1.82) is 0 Å². The van der Waals surface area contributed by atoms with Crippen LogP contribution in [-0.2, 0) is 22.4 Å².